The highest BCUT2D eigenvalue weighted by Gasteiger charge is 2.67. The number of hydrogen-bond acceptors (Lipinski definition) is 11. The highest BCUT2D eigenvalue weighted by atomic mass is 32.2. The van der Waals surface area contributed by atoms with Crippen LogP contribution in [0.25, 0.3) is 11.0 Å². The molecule has 0 radical (unpaired) electrons. The van der Waals surface area contributed by atoms with E-state index >= 15 is 8.78 Å². The average Bonchev–Trinajstić information content (AvgIpc) is 4.10. The molecule has 1 aromatic carbocycles. The molecule has 2 aromatic rings. The predicted octanol–water partition coefficient (Wildman–Crippen LogP) is 5.55. The standard InChI is InChI=1S/C41H50F6N6O9S/c1-39(2,3)31-35(55)53-18-21(16-28(53)33(54)51-40(17-25(40)32(42)43)36(56)52-63(58,59)22-9-10-22)60-34-30(48-26-12-8-20(61-37(44)45)15-27(26)49-34)41(46,47)13-5-4-6-24-23-11-7-19(23)14-29(24)62-38(57)50-31/h8,12,15,19,21-25,28-29,31-32,37H,4-7,9-11,13-14,16-18H2,1-3H3,(H,50,57)(H,51,54)(H,52,56). The van der Waals surface area contributed by atoms with Gasteiger partial charge in [0, 0.05) is 18.9 Å². The summed E-state index contributed by atoms with van der Waals surface area (Å²) in [7, 11) is -4.25. The van der Waals surface area contributed by atoms with Gasteiger partial charge in [-0.2, -0.15) is 17.6 Å². The van der Waals surface area contributed by atoms with E-state index < -0.39 is 137 Å². The summed E-state index contributed by atoms with van der Waals surface area (Å²) in [5.74, 6) is -9.55. The van der Waals surface area contributed by atoms with Gasteiger partial charge in [-0.3, -0.25) is 19.1 Å². The van der Waals surface area contributed by atoms with Gasteiger partial charge in [0.25, 0.3) is 11.8 Å². The summed E-state index contributed by atoms with van der Waals surface area (Å²) in [4.78, 5) is 65.7. The van der Waals surface area contributed by atoms with Gasteiger partial charge in [0.05, 0.1) is 28.7 Å². The molecule has 2 aliphatic heterocycles. The summed E-state index contributed by atoms with van der Waals surface area (Å²) in [5, 5.41) is 4.08. The lowest BCUT2D eigenvalue weighted by Crippen LogP contribution is -2.60. The maximum Gasteiger partial charge on any atom is 0.408 e. The Morgan fingerprint density at radius 3 is 2.35 bits per heavy atom. The summed E-state index contributed by atoms with van der Waals surface area (Å²) in [6.07, 6.45) is -4.05. The molecule has 3 heterocycles. The van der Waals surface area contributed by atoms with Crippen molar-refractivity contribution in [1.82, 2.24) is 30.2 Å². The number of carbonyl (C=O) groups excluding carboxylic acids is 4. The number of alkyl halides is 6. The van der Waals surface area contributed by atoms with E-state index in [9.17, 15) is 45.2 Å². The van der Waals surface area contributed by atoms with Crippen LogP contribution in [0.4, 0.5) is 31.1 Å². The maximum absolute atomic E-state index is 16.5. The number of amides is 4. The summed E-state index contributed by atoms with van der Waals surface area (Å²) < 4.78 is 131. The molecule has 4 amide bonds. The second-order valence-electron chi connectivity index (χ2n) is 18.9. The van der Waals surface area contributed by atoms with Gasteiger partial charge in [0.15, 0.2) is 5.69 Å². The Morgan fingerprint density at radius 2 is 1.71 bits per heavy atom. The van der Waals surface area contributed by atoms with Gasteiger partial charge in [-0.15, -0.1) is 0 Å². The van der Waals surface area contributed by atoms with E-state index in [1.807, 2.05) is 4.72 Å². The zero-order valence-corrected chi connectivity index (χ0v) is 35.6. The number of aromatic nitrogens is 2. The summed E-state index contributed by atoms with van der Waals surface area (Å²) in [5.41, 5.74) is -4.60. The quantitative estimate of drug-likeness (QED) is 0.281. The summed E-state index contributed by atoms with van der Waals surface area (Å²) in [6, 6.07) is 0.300. The lowest BCUT2D eigenvalue weighted by Gasteiger charge is -2.36. The van der Waals surface area contributed by atoms with E-state index in [1.165, 1.54) is 6.07 Å². The van der Waals surface area contributed by atoms with Gasteiger partial charge >= 0.3 is 12.7 Å². The van der Waals surface area contributed by atoms with Crippen LogP contribution in [-0.4, -0.2) is 102 Å². The Bertz CT molecular complexity index is 2260. The molecule has 2 bridgehead atoms. The fourth-order valence-corrected chi connectivity index (χ4v) is 11.1. The Kier molecular flexibility index (Phi) is 11.7. The van der Waals surface area contributed by atoms with E-state index in [2.05, 4.69) is 25.3 Å². The number of nitrogens with zero attached hydrogens (tertiary/aromatic N) is 3. The van der Waals surface area contributed by atoms with E-state index in [1.54, 1.807) is 20.8 Å². The highest BCUT2D eigenvalue weighted by Crippen LogP contribution is 2.53. The van der Waals surface area contributed by atoms with Gasteiger partial charge in [0.1, 0.15) is 35.6 Å². The Labute approximate surface area is 359 Å². The summed E-state index contributed by atoms with van der Waals surface area (Å²) in [6.45, 7) is 1.18. The molecule has 1 saturated heterocycles. The third kappa shape index (κ3) is 9.06. The number of fused-ring (bicyclic) bond motifs is 7. The van der Waals surface area contributed by atoms with Crippen molar-refractivity contribution in [1.29, 1.82) is 0 Å². The Morgan fingerprint density at radius 1 is 0.968 bits per heavy atom. The number of hydrogen-bond donors (Lipinski definition) is 3. The Hall–Kier alpha value is -4.63. The Balaban J connectivity index is 1.17. The fraction of sp³-hybridized carbons (Fsp3) is 0.707. The second-order valence-corrected chi connectivity index (χ2v) is 20.9. The van der Waals surface area contributed by atoms with Crippen molar-refractivity contribution in [3.8, 4) is 11.6 Å². The van der Waals surface area contributed by atoms with Crippen LogP contribution in [0.5, 0.6) is 11.6 Å². The topological polar surface area (TPSA) is 195 Å². The van der Waals surface area contributed by atoms with Gasteiger partial charge in [-0.05, 0) is 86.7 Å². The van der Waals surface area contributed by atoms with Crippen molar-refractivity contribution in [2.45, 2.75) is 145 Å². The molecular weight excluding hydrogens is 867 g/mol. The molecule has 9 unspecified atom stereocenters. The smallest absolute Gasteiger partial charge is 0.408 e. The van der Waals surface area contributed by atoms with E-state index in [0.717, 1.165) is 29.9 Å². The van der Waals surface area contributed by atoms with Gasteiger partial charge in [-0.1, -0.05) is 27.2 Å². The van der Waals surface area contributed by atoms with Gasteiger partial charge < -0.3 is 29.7 Å². The number of halogens is 6. The molecule has 4 aliphatic carbocycles. The predicted molar refractivity (Wildman–Crippen MR) is 209 cm³/mol. The van der Waals surface area contributed by atoms with Crippen LogP contribution in [0, 0.1) is 29.1 Å². The third-order valence-electron chi connectivity index (χ3n) is 13.5. The SMILES string of the molecule is CC(C)(C)C1NC(=O)OC2CC3CCC3C2CCCCC(F)(F)c2nc3ccc(OC(F)F)cc3nc2OC2CC(C(=O)NC3(C(=O)NS(=O)(=O)C4CC4)CC3C(F)F)N(C2)C1=O. The fourth-order valence-electron chi connectivity index (χ4n) is 9.77. The van der Waals surface area contributed by atoms with Crippen LogP contribution in [0.15, 0.2) is 18.2 Å². The first-order valence-corrected chi connectivity index (χ1v) is 22.9. The van der Waals surface area contributed by atoms with E-state index in [0.29, 0.717) is 25.2 Å². The molecule has 15 nitrogen and oxygen atoms in total. The maximum atomic E-state index is 16.5. The number of benzene rings is 1. The van der Waals surface area contributed by atoms with Crippen molar-refractivity contribution in [2.24, 2.45) is 29.1 Å². The molecule has 22 heteroatoms. The second kappa shape index (κ2) is 16.4. The van der Waals surface area contributed by atoms with Crippen LogP contribution >= 0.6 is 0 Å². The van der Waals surface area contributed by atoms with Crippen molar-refractivity contribution >= 4 is 44.9 Å². The molecule has 6 aliphatic rings. The average molecular weight is 917 g/mol. The molecule has 8 rings (SSSR count). The minimum absolute atomic E-state index is 0.0249. The number of alkyl carbamates (subject to hydrolysis) is 1. The lowest BCUT2D eigenvalue weighted by molar-refractivity contribution is -0.143. The largest absolute Gasteiger partial charge is 0.471 e. The number of nitrogens with one attached hydrogen (secondary N) is 3. The molecule has 0 spiro atoms. The number of sulfonamides is 1. The monoisotopic (exact) mass is 916 g/mol. The number of rotatable bonds is 8. The normalized spacial score (nSPS) is 32.2. The third-order valence-corrected chi connectivity index (χ3v) is 15.3. The zero-order chi connectivity index (χ0) is 45.4. The van der Waals surface area contributed by atoms with E-state index in [4.69, 9.17) is 9.47 Å². The minimum atomic E-state index is -4.25. The van der Waals surface area contributed by atoms with Crippen LogP contribution in [-0.2, 0) is 35.1 Å². The molecule has 5 fully saturated rings. The zero-order valence-electron chi connectivity index (χ0n) is 34.8. The van der Waals surface area contributed by atoms with Crippen LogP contribution in [0.3, 0.4) is 0 Å². The van der Waals surface area contributed by atoms with Crippen LogP contribution in [0.2, 0.25) is 0 Å². The van der Waals surface area contributed by atoms with Crippen molar-refractivity contribution in [2.75, 3.05) is 6.54 Å². The summed E-state index contributed by atoms with van der Waals surface area (Å²) >= 11 is 0. The molecule has 9 atom stereocenters. The van der Waals surface area contributed by atoms with E-state index in [-0.39, 0.29) is 47.9 Å². The first-order chi connectivity index (χ1) is 29.6. The molecule has 346 valence electrons. The van der Waals surface area contributed by atoms with Gasteiger partial charge in [0.2, 0.25) is 34.1 Å². The van der Waals surface area contributed by atoms with Gasteiger partial charge in [-0.25, -0.2) is 32.0 Å². The first kappa shape index (κ1) is 45.0. The molecule has 4 saturated carbocycles. The van der Waals surface area contributed by atoms with Crippen molar-refractivity contribution in [3.05, 3.63) is 23.9 Å². The number of ether oxygens (including phenoxy) is 3. The molecule has 63 heavy (non-hydrogen) atoms. The number of carbonyl (C=O) groups is 4. The van der Waals surface area contributed by atoms with Crippen molar-refractivity contribution in [3.63, 3.8) is 0 Å². The van der Waals surface area contributed by atoms with Crippen LogP contribution in [0.1, 0.15) is 97.1 Å². The first-order valence-electron chi connectivity index (χ1n) is 21.3. The minimum Gasteiger partial charge on any atom is -0.471 e. The highest BCUT2D eigenvalue weighted by molar-refractivity contribution is 7.91. The molecule has 3 N–H and O–H groups in total. The van der Waals surface area contributed by atoms with Crippen molar-refractivity contribution < 1.29 is 68.1 Å². The van der Waals surface area contributed by atoms with Crippen LogP contribution < -0.4 is 24.8 Å². The molecular formula is C41H50F6N6O9S. The molecule has 1 aromatic heterocycles. The lowest BCUT2D eigenvalue weighted by atomic mass is 9.71.